The third-order valence-electron chi connectivity index (χ3n) is 5.77. The number of hydrogen-bond acceptors (Lipinski definition) is 5. The SMILES string of the molecule is COCCOCOc1cccc(C(CC(C)C)N2CCN(Cc3ccccc3)CC2)c1. The van der Waals surface area contributed by atoms with Crippen molar-refractivity contribution < 1.29 is 14.2 Å². The Hall–Kier alpha value is -1.92. The Morgan fingerprint density at radius 1 is 0.903 bits per heavy atom. The summed E-state index contributed by atoms with van der Waals surface area (Å²) in [7, 11) is 1.67. The number of methoxy groups -OCH3 is 1. The highest BCUT2D eigenvalue weighted by Gasteiger charge is 2.26. The molecule has 1 unspecified atom stereocenters. The van der Waals surface area contributed by atoms with Gasteiger partial charge in [0.1, 0.15) is 5.75 Å². The maximum absolute atomic E-state index is 5.81. The maximum Gasteiger partial charge on any atom is 0.189 e. The summed E-state index contributed by atoms with van der Waals surface area (Å²) in [5, 5.41) is 0. The minimum absolute atomic E-state index is 0.250. The first-order valence-corrected chi connectivity index (χ1v) is 11.5. The number of piperazine rings is 1. The Morgan fingerprint density at radius 3 is 2.39 bits per heavy atom. The average molecular weight is 427 g/mol. The van der Waals surface area contributed by atoms with E-state index >= 15 is 0 Å². The van der Waals surface area contributed by atoms with E-state index in [1.165, 1.54) is 11.1 Å². The summed E-state index contributed by atoms with van der Waals surface area (Å²) in [6, 6.07) is 19.7. The lowest BCUT2D eigenvalue weighted by atomic mass is 9.94. The van der Waals surface area contributed by atoms with Crippen LogP contribution in [0.25, 0.3) is 0 Å². The molecule has 1 heterocycles. The highest BCUT2D eigenvalue weighted by atomic mass is 16.7. The van der Waals surface area contributed by atoms with Gasteiger partial charge < -0.3 is 14.2 Å². The van der Waals surface area contributed by atoms with Crippen LogP contribution < -0.4 is 4.74 Å². The predicted molar refractivity (Wildman–Crippen MR) is 125 cm³/mol. The van der Waals surface area contributed by atoms with Crippen molar-refractivity contribution in [1.29, 1.82) is 0 Å². The molecule has 0 aliphatic carbocycles. The molecular weight excluding hydrogens is 388 g/mol. The van der Waals surface area contributed by atoms with Crippen LogP contribution in [-0.4, -0.2) is 63.1 Å². The standard InChI is InChI=1S/C26H38N2O3/c1-22(2)18-26(24-10-7-11-25(19-24)31-21-30-17-16-29-3)28-14-12-27(13-15-28)20-23-8-5-4-6-9-23/h4-11,19,22,26H,12-18,20-21H2,1-3H3. The molecule has 2 aromatic carbocycles. The van der Waals surface area contributed by atoms with E-state index < -0.39 is 0 Å². The van der Waals surface area contributed by atoms with Crippen LogP contribution >= 0.6 is 0 Å². The summed E-state index contributed by atoms with van der Waals surface area (Å²) in [5.74, 6) is 1.50. The molecule has 0 bridgehead atoms. The molecule has 5 nitrogen and oxygen atoms in total. The molecule has 31 heavy (non-hydrogen) atoms. The summed E-state index contributed by atoms with van der Waals surface area (Å²) >= 11 is 0. The van der Waals surface area contributed by atoms with Gasteiger partial charge in [0.15, 0.2) is 6.79 Å². The fourth-order valence-corrected chi connectivity index (χ4v) is 4.14. The van der Waals surface area contributed by atoms with E-state index in [1.807, 2.05) is 6.07 Å². The second-order valence-electron chi connectivity index (χ2n) is 8.68. The van der Waals surface area contributed by atoms with E-state index in [4.69, 9.17) is 14.2 Å². The molecule has 1 aliphatic heterocycles. The molecule has 0 saturated carbocycles. The third-order valence-corrected chi connectivity index (χ3v) is 5.77. The first kappa shape index (κ1) is 23.7. The van der Waals surface area contributed by atoms with E-state index in [2.05, 4.69) is 72.2 Å². The van der Waals surface area contributed by atoms with Gasteiger partial charge in [0.2, 0.25) is 0 Å². The van der Waals surface area contributed by atoms with Crippen LogP contribution in [0.2, 0.25) is 0 Å². The zero-order valence-corrected chi connectivity index (χ0v) is 19.3. The summed E-state index contributed by atoms with van der Waals surface area (Å²) < 4.78 is 16.3. The van der Waals surface area contributed by atoms with Gasteiger partial charge in [0, 0.05) is 45.9 Å². The Bertz CT molecular complexity index is 745. The Kier molecular flexibility index (Phi) is 9.82. The van der Waals surface area contributed by atoms with Gasteiger partial charge in [0.05, 0.1) is 13.2 Å². The molecule has 0 aromatic heterocycles. The second-order valence-corrected chi connectivity index (χ2v) is 8.68. The molecule has 2 aromatic rings. The molecule has 1 fully saturated rings. The molecule has 1 saturated heterocycles. The lowest BCUT2D eigenvalue weighted by molar-refractivity contribution is -0.00858. The van der Waals surface area contributed by atoms with Crippen molar-refractivity contribution in [3.05, 3.63) is 65.7 Å². The fraction of sp³-hybridized carbons (Fsp3) is 0.538. The quantitative estimate of drug-likeness (QED) is 0.366. The van der Waals surface area contributed by atoms with Crippen LogP contribution in [-0.2, 0) is 16.0 Å². The van der Waals surface area contributed by atoms with Crippen molar-refractivity contribution in [3.8, 4) is 5.75 Å². The maximum atomic E-state index is 5.81. The molecule has 170 valence electrons. The van der Waals surface area contributed by atoms with E-state index in [1.54, 1.807) is 7.11 Å². The van der Waals surface area contributed by atoms with Crippen LogP contribution in [0, 0.1) is 5.92 Å². The number of rotatable bonds is 12. The Morgan fingerprint density at radius 2 is 1.68 bits per heavy atom. The molecule has 0 amide bonds. The van der Waals surface area contributed by atoms with Gasteiger partial charge in [-0.3, -0.25) is 9.80 Å². The minimum atomic E-state index is 0.250. The van der Waals surface area contributed by atoms with E-state index in [0.29, 0.717) is 25.2 Å². The molecule has 0 radical (unpaired) electrons. The van der Waals surface area contributed by atoms with Gasteiger partial charge in [0.25, 0.3) is 0 Å². The first-order chi connectivity index (χ1) is 15.2. The zero-order chi connectivity index (χ0) is 21.9. The van der Waals surface area contributed by atoms with E-state index in [-0.39, 0.29) is 6.79 Å². The topological polar surface area (TPSA) is 34.2 Å². The van der Waals surface area contributed by atoms with Crippen LogP contribution in [0.1, 0.15) is 37.4 Å². The van der Waals surface area contributed by atoms with Gasteiger partial charge in [-0.25, -0.2) is 0 Å². The predicted octanol–water partition coefficient (Wildman–Crippen LogP) is 4.59. The highest BCUT2D eigenvalue weighted by molar-refractivity contribution is 5.31. The van der Waals surface area contributed by atoms with Crippen molar-refractivity contribution in [2.75, 3.05) is 53.3 Å². The van der Waals surface area contributed by atoms with Gasteiger partial charge in [-0.1, -0.05) is 56.3 Å². The van der Waals surface area contributed by atoms with Crippen LogP contribution in [0.3, 0.4) is 0 Å². The molecule has 1 aliphatic rings. The third kappa shape index (κ3) is 7.93. The summed E-state index contributed by atoms with van der Waals surface area (Å²) in [6.07, 6.45) is 1.15. The number of ether oxygens (including phenoxy) is 3. The van der Waals surface area contributed by atoms with Crippen molar-refractivity contribution in [3.63, 3.8) is 0 Å². The lowest BCUT2D eigenvalue weighted by Crippen LogP contribution is -2.47. The van der Waals surface area contributed by atoms with E-state index in [0.717, 1.165) is 44.9 Å². The summed E-state index contributed by atoms with van der Waals surface area (Å²) in [5.41, 5.74) is 2.73. The van der Waals surface area contributed by atoms with Gasteiger partial charge in [-0.05, 0) is 35.6 Å². The lowest BCUT2D eigenvalue weighted by Gasteiger charge is -2.40. The van der Waals surface area contributed by atoms with Crippen molar-refractivity contribution in [2.24, 2.45) is 5.92 Å². The smallest absolute Gasteiger partial charge is 0.189 e. The Balaban J connectivity index is 1.58. The Labute approximate surface area is 187 Å². The van der Waals surface area contributed by atoms with Crippen LogP contribution in [0.15, 0.2) is 54.6 Å². The first-order valence-electron chi connectivity index (χ1n) is 11.5. The fourth-order valence-electron chi connectivity index (χ4n) is 4.14. The van der Waals surface area contributed by atoms with Crippen molar-refractivity contribution in [2.45, 2.75) is 32.9 Å². The van der Waals surface area contributed by atoms with E-state index in [9.17, 15) is 0 Å². The highest BCUT2D eigenvalue weighted by Crippen LogP contribution is 2.31. The molecule has 1 atom stereocenters. The zero-order valence-electron chi connectivity index (χ0n) is 19.3. The summed E-state index contributed by atoms with van der Waals surface area (Å²) in [4.78, 5) is 5.21. The normalized spacial score (nSPS) is 16.5. The number of nitrogens with zero attached hydrogens (tertiary/aromatic N) is 2. The molecule has 0 N–H and O–H groups in total. The second kappa shape index (κ2) is 12.8. The molecule has 0 spiro atoms. The van der Waals surface area contributed by atoms with Crippen molar-refractivity contribution >= 4 is 0 Å². The molecule has 3 rings (SSSR count). The van der Waals surface area contributed by atoms with Crippen LogP contribution in [0.4, 0.5) is 0 Å². The van der Waals surface area contributed by atoms with Gasteiger partial charge >= 0.3 is 0 Å². The molecule has 5 heteroatoms. The average Bonchev–Trinajstić information content (AvgIpc) is 2.79. The van der Waals surface area contributed by atoms with Crippen LogP contribution in [0.5, 0.6) is 5.75 Å². The largest absolute Gasteiger partial charge is 0.468 e. The summed E-state index contributed by atoms with van der Waals surface area (Å²) in [6.45, 7) is 11.4. The van der Waals surface area contributed by atoms with Gasteiger partial charge in [-0.15, -0.1) is 0 Å². The monoisotopic (exact) mass is 426 g/mol. The van der Waals surface area contributed by atoms with Crippen molar-refractivity contribution in [1.82, 2.24) is 9.80 Å². The number of benzene rings is 2. The number of hydrogen-bond donors (Lipinski definition) is 0. The van der Waals surface area contributed by atoms with Gasteiger partial charge in [-0.2, -0.15) is 0 Å². The minimum Gasteiger partial charge on any atom is -0.468 e. The molecular formula is C26H38N2O3.